The van der Waals surface area contributed by atoms with Gasteiger partial charge in [0.05, 0.1) is 6.04 Å². The van der Waals surface area contributed by atoms with Crippen LogP contribution in [0.15, 0.2) is 34.7 Å². The molecule has 0 saturated carbocycles. The van der Waals surface area contributed by atoms with Crippen molar-refractivity contribution in [3.8, 4) is 11.3 Å². The fourth-order valence-electron chi connectivity index (χ4n) is 1.58. The maximum absolute atomic E-state index is 13.1. The molecule has 1 N–H and O–H groups in total. The van der Waals surface area contributed by atoms with Gasteiger partial charge in [-0.2, -0.15) is 0 Å². The monoisotopic (exact) mass is 237 g/mol. The summed E-state index contributed by atoms with van der Waals surface area (Å²) in [6.07, 6.45) is 0. The van der Waals surface area contributed by atoms with E-state index in [1.807, 2.05) is 14.0 Å². The molecule has 4 heteroatoms. The third-order valence-corrected chi connectivity index (χ3v) is 2.63. The Bertz CT molecular complexity index is 502. The lowest BCUT2D eigenvalue weighted by Gasteiger charge is -2.05. The first-order valence-electron chi connectivity index (χ1n) is 5.33. The van der Waals surface area contributed by atoms with Gasteiger partial charge in [-0.15, -0.1) is 0 Å². The van der Waals surface area contributed by atoms with Crippen LogP contribution in [0.25, 0.3) is 11.3 Å². The molecule has 0 amide bonds. The summed E-state index contributed by atoms with van der Waals surface area (Å²) in [7, 11) is 1.81. The normalized spacial score (nSPS) is 12.7. The quantitative estimate of drug-likeness (QED) is 0.883. The van der Waals surface area contributed by atoms with Gasteiger partial charge in [0, 0.05) is 11.6 Å². The molecule has 2 rings (SSSR count). The van der Waals surface area contributed by atoms with Crippen LogP contribution in [-0.2, 0) is 0 Å². The van der Waals surface area contributed by atoms with Crippen molar-refractivity contribution in [2.45, 2.75) is 13.0 Å². The van der Waals surface area contributed by atoms with Gasteiger partial charge >= 0.3 is 0 Å². The van der Waals surface area contributed by atoms with E-state index in [-0.39, 0.29) is 6.04 Å². The van der Waals surface area contributed by atoms with E-state index in [2.05, 4.69) is 5.32 Å². The number of rotatable bonds is 3. The molecule has 0 radical (unpaired) electrons. The van der Waals surface area contributed by atoms with Gasteiger partial charge in [-0.05, 0) is 38.2 Å². The number of furan rings is 1. The first kappa shape index (κ1) is 11.8. The minimum atomic E-state index is -0.611. The highest BCUT2D eigenvalue weighted by atomic mass is 19.1. The standard InChI is InChI=1S/C13H13F2NO/c1-8(16-2)12-3-4-13(17-12)9-5-10(14)7-11(15)6-9/h3-8,16H,1-2H3. The summed E-state index contributed by atoms with van der Waals surface area (Å²) in [5, 5.41) is 3.03. The summed E-state index contributed by atoms with van der Waals surface area (Å²) in [4.78, 5) is 0. The largest absolute Gasteiger partial charge is 0.459 e. The molecule has 1 aromatic carbocycles. The molecule has 1 atom stereocenters. The molecule has 0 saturated heterocycles. The molecule has 0 aliphatic rings. The molecule has 0 aliphatic carbocycles. The molecule has 0 aliphatic heterocycles. The molecule has 0 bridgehead atoms. The van der Waals surface area contributed by atoms with E-state index in [0.29, 0.717) is 11.3 Å². The Morgan fingerprint density at radius 3 is 2.35 bits per heavy atom. The molecule has 90 valence electrons. The second-order valence-corrected chi connectivity index (χ2v) is 3.87. The average Bonchev–Trinajstić information content (AvgIpc) is 2.76. The molecular weight excluding hydrogens is 224 g/mol. The van der Waals surface area contributed by atoms with E-state index in [1.54, 1.807) is 12.1 Å². The van der Waals surface area contributed by atoms with Gasteiger partial charge in [0.2, 0.25) is 0 Å². The van der Waals surface area contributed by atoms with Crippen LogP contribution in [0.4, 0.5) is 8.78 Å². The highest BCUT2D eigenvalue weighted by molar-refractivity contribution is 5.57. The van der Waals surface area contributed by atoms with Crippen LogP contribution >= 0.6 is 0 Å². The highest BCUT2D eigenvalue weighted by Gasteiger charge is 2.11. The van der Waals surface area contributed by atoms with Crippen molar-refractivity contribution in [3.63, 3.8) is 0 Å². The average molecular weight is 237 g/mol. The van der Waals surface area contributed by atoms with Crippen LogP contribution in [0.1, 0.15) is 18.7 Å². The van der Waals surface area contributed by atoms with Crippen molar-refractivity contribution >= 4 is 0 Å². The summed E-state index contributed by atoms with van der Waals surface area (Å²) < 4.78 is 31.6. The molecule has 1 heterocycles. The lowest BCUT2D eigenvalue weighted by molar-refractivity contribution is 0.457. The Balaban J connectivity index is 2.36. The number of hydrogen-bond donors (Lipinski definition) is 1. The Morgan fingerprint density at radius 2 is 1.76 bits per heavy atom. The van der Waals surface area contributed by atoms with Crippen LogP contribution in [-0.4, -0.2) is 7.05 Å². The lowest BCUT2D eigenvalue weighted by atomic mass is 10.1. The van der Waals surface area contributed by atoms with Crippen LogP contribution in [0, 0.1) is 11.6 Å². The molecule has 17 heavy (non-hydrogen) atoms. The summed E-state index contributed by atoms with van der Waals surface area (Å²) in [5.74, 6) is -0.0353. The highest BCUT2D eigenvalue weighted by Crippen LogP contribution is 2.26. The summed E-state index contributed by atoms with van der Waals surface area (Å²) in [6.45, 7) is 1.94. The van der Waals surface area contributed by atoms with Gasteiger partial charge in [0.15, 0.2) is 0 Å². The first-order valence-corrected chi connectivity index (χ1v) is 5.33. The summed E-state index contributed by atoms with van der Waals surface area (Å²) >= 11 is 0. The number of hydrogen-bond acceptors (Lipinski definition) is 2. The zero-order valence-electron chi connectivity index (χ0n) is 9.63. The second-order valence-electron chi connectivity index (χ2n) is 3.87. The predicted octanol–water partition coefficient (Wildman–Crippen LogP) is 3.51. The minimum Gasteiger partial charge on any atom is -0.459 e. The number of benzene rings is 1. The predicted molar refractivity (Wildman–Crippen MR) is 61.5 cm³/mol. The summed E-state index contributed by atoms with van der Waals surface area (Å²) in [5.41, 5.74) is 0.400. The van der Waals surface area contributed by atoms with Crippen LogP contribution in [0.2, 0.25) is 0 Å². The topological polar surface area (TPSA) is 25.2 Å². The van der Waals surface area contributed by atoms with E-state index >= 15 is 0 Å². The van der Waals surface area contributed by atoms with E-state index in [4.69, 9.17) is 4.42 Å². The SMILES string of the molecule is CNC(C)c1ccc(-c2cc(F)cc(F)c2)o1. The van der Waals surface area contributed by atoms with Crippen molar-refractivity contribution in [3.05, 3.63) is 47.7 Å². The van der Waals surface area contributed by atoms with Crippen LogP contribution in [0.3, 0.4) is 0 Å². The Labute approximate surface area is 98.3 Å². The Kier molecular flexibility index (Phi) is 3.24. The lowest BCUT2D eigenvalue weighted by Crippen LogP contribution is -2.10. The van der Waals surface area contributed by atoms with Gasteiger partial charge in [-0.1, -0.05) is 0 Å². The smallest absolute Gasteiger partial charge is 0.134 e. The van der Waals surface area contributed by atoms with E-state index < -0.39 is 11.6 Å². The van der Waals surface area contributed by atoms with Crippen molar-refractivity contribution < 1.29 is 13.2 Å². The van der Waals surface area contributed by atoms with Crippen molar-refractivity contribution in [1.29, 1.82) is 0 Å². The first-order chi connectivity index (χ1) is 8.10. The van der Waals surface area contributed by atoms with Gasteiger partial charge in [-0.25, -0.2) is 8.78 Å². The minimum absolute atomic E-state index is 0.0576. The van der Waals surface area contributed by atoms with E-state index in [0.717, 1.165) is 11.8 Å². The third-order valence-electron chi connectivity index (χ3n) is 2.63. The second kappa shape index (κ2) is 4.67. The zero-order chi connectivity index (χ0) is 12.4. The molecule has 0 fully saturated rings. The van der Waals surface area contributed by atoms with Gasteiger partial charge < -0.3 is 9.73 Å². The van der Waals surface area contributed by atoms with Gasteiger partial charge in [0.25, 0.3) is 0 Å². The molecule has 0 spiro atoms. The molecule has 2 nitrogen and oxygen atoms in total. The van der Waals surface area contributed by atoms with Crippen molar-refractivity contribution in [2.24, 2.45) is 0 Å². The third kappa shape index (κ3) is 2.53. The van der Waals surface area contributed by atoms with E-state index in [1.165, 1.54) is 12.1 Å². The van der Waals surface area contributed by atoms with Crippen LogP contribution in [0.5, 0.6) is 0 Å². The Hall–Kier alpha value is -1.68. The zero-order valence-corrected chi connectivity index (χ0v) is 9.63. The van der Waals surface area contributed by atoms with Gasteiger partial charge in [-0.3, -0.25) is 0 Å². The van der Waals surface area contributed by atoms with Gasteiger partial charge in [0.1, 0.15) is 23.2 Å². The molecule has 2 aromatic rings. The fraction of sp³-hybridized carbons (Fsp3) is 0.231. The van der Waals surface area contributed by atoms with Crippen LogP contribution < -0.4 is 5.32 Å². The van der Waals surface area contributed by atoms with E-state index in [9.17, 15) is 8.78 Å². The maximum Gasteiger partial charge on any atom is 0.134 e. The van der Waals surface area contributed by atoms with Crippen molar-refractivity contribution in [1.82, 2.24) is 5.32 Å². The maximum atomic E-state index is 13.1. The molecule has 1 unspecified atom stereocenters. The number of nitrogens with one attached hydrogen (secondary N) is 1. The molecule has 1 aromatic heterocycles. The Morgan fingerprint density at radius 1 is 1.12 bits per heavy atom. The summed E-state index contributed by atoms with van der Waals surface area (Å²) in [6, 6.07) is 6.88. The number of halogens is 2. The molecular formula is C13H13F2NO. The fourth-order valence-corrected chi connectivity index (χ4v) is 1.58. The van der Waals surface area contributed by atoms with Crippen molar-refractivity contribution in [2.75, 3.05) is 7.05 Å².